The van der Waals surface area contributed by atoms with Gasteiger partial charge in [0.25, 0.3) is 0 Å². The van der Waals surface area contributed by atoms with Crippen molar-refractivity contribution in [3.63, 3.8) is 0 Å². The average molecular weight is 228 g/mol. The van der Waals surface area contributed by atoms with Gasteiger partial charge < -0.3 is 0 Å². The standard InChI is InChI=1S/C18H12/c1-2-6-14-12-18-15-10-4-7-13(15)8-5-11-17(18)16(14)9-3-1/h1-12H. The Morgan fingerprint density at radius 2 is 1.00 bits per heavy atom. The van der Waals surface area contributed by atoms with Crippen molar-refractivity contribution in [3.05, 3.63) is 72.8 Å². The fourth-order valence-corrected chi connectivity index (χ4v) is 2.79. The second kappa shape index (κ2) is 3.58. The van der Waals surface area contributed by atoms with Crippen molar-refractivity contribution >= 4 is 32.3 Å². The summed E-state index contributed by atoms with van der Waals surface area (Å²) in [4.78, 5) is 0. The first-order valence-corrected chi connectivity index (χ1v) is 6.23. The van der Waals surface area contributed by atoms with Crippen LogP contribution in [0.25, 0.3) is 32.3 Å². The summed E-state index contributed by atoms with van der Waals surface area (Å²) in [6, 6.07) is 26.0. The molecule has 0 bridgehead atoms. The van der Waals surface area contributed by atoms with Crippen LogP contribution < -0.4 is 0 Å². The Hall–Kier alpha value is -2.34. The molecule has 4 rings (SSSR count). The van der Waals surface area contributed by atoms with E-state index in [-0.39, 0.29) is 0 Å². The molecular weight excluding hydrogens is 216 g/mol. The lowest BCUT2D eigenvalue weighted by atomic mass is 10.2. The summed E-state index contributed by atoms with van der Waals surface area (Å²) in [5, 5.41) is 7.97. The van der Waals surface area contributed by atoms with E-state index in [9.17, 15) is 0 Å². The highest BCUT2D eigenvalue weighted by Crippen LogP contribution is 2.32. The number of rotatable bonds is 0. The van der Waals surface area contributed by atoms with Gasteiger partial charge in [-0.05, 0) is 38.4 Å². The van der Waals surface area contributed by atoms with Crippen LogP contribution in [0, 0.1) is 0 Å². The summed E-state index contributed by atoms with van der Waals surface area (Å²) in [6.07, 6.45) is 0. The first-order valence-electron chi connectivity index (χ1n) is 6.23. The second-order valence-corrected chi connectivity index (χ2v) is 4.67. The van der Waals surface area contributed by atoms with Gasteiger partial charge in [0.15, 0.2) is 0 Å². The molecule has 0 saturated carbocycles. The maximum atomic E-state index is 2.30. The summed E-state index contributed by atoms with van der Waals surface area (Å²) >= 11 is 0. The Morgan fingerprint density at radius 3 is 1.89 bits per heavy atom. The molecule has 0 heteroatoms. The zero-order valence-electron chi connectivity index (χ0n) is 9.93. The Labute approximate surface area is 105 Å². The summed E-state index contributed by atoms with van der Waals surface area (Å²) in [7, 11) is 0. The first kappa shape index (κ1) is 9.67. The number of hydrogen-bond donors (Lipinski definition) is 0. The third-order valence-electron chi connectivity index (χ3n) is 3.63. The predicted octanol–water partition coefficient (Wildman–Crippen LogP) is 5.15. The molecule has 0 aromatic heterocycles. The van der Waals surface area contributed by atoms with Gasteiger partial charge in [0, 0.05) is 0 Å². The molecule has 0 unspecified atom stereocenters. The maximum Gasteiger partial charge on any atom is -0.00930 e. The van der Waals surface area contributed by atoms with Gasteiger partial charge in [0.05, 0.1) is 0 Å². The number of hydrogen-bond acceptors (Lipinski definition) is 0. The SMILES string of the molecule is c1ccc2cc3c4cccc4cccc3c2cc1. The van der Waals surface area contributed by atoms with Crippen LogP contribution in [-0.4, -0.2) is 0 Å². The van der Waals surface area contributed by atoms with E-state index in [0.717, 1.165) is 0 Å². The summed E-state index contributed by atoms with van der Waals surface area (Å²) < 4.78 is 0. The second-order valence-electron chi connectivity index (χ2n) is 4.67. The largest absolute Gasteiger partial charge is 0.0622 e. The molecular formula is C18H12. The van der Waals surface area contributed by atoms with Crippen LogP contribution in [0.3, 0.4) is 0 Å². The molecule has 0 amide bonds. The average Bonchev–Trinajstić information content (AvgIpc) is 2.84. The predicted molar refractivity (Wildman–Crippen MR) is 79.0 cm³/mol. The van der Waals surface area contributed by atoms with Gasteiger partial charge in [-0.15, -0.1) is 0 Å². The van der Waals surface area contributed by atoms with Crippen LogP contribution in [0.15, 0.2) is 72.8 Å². The minimum Gasteiger partial charge on any atom is -0.0622 e. The molecule has 84 valence electrons. The van der Waals surface area contributed by atoms with E-state index in [1.807, 2.05) is 0 Å². The minimum absolute atomic E-state index is 1.31. The molecule has 0 aliphatic carbocycles. The van der Waals surface area contributed by atoms with E-state index < -0.39 is 0 Å². The third kappa shape index (κ3) is 1.26. The highest BCUT2D eigenvalue weighted by molar-refractivity contribution is 6.19. The Bertz CT molecular complexity index is 872. The van der Waals surface area contributed by atoms with Gasteiger partial charge in [-0.25, -0.2) is 0 Å². The molecule has 4 aromatic rings. The van der Waals surface area contributed by atoms with Crippen LogP contribution in [-0.2, 0) is 0 Å². The van der Waals surface area contributed by atoms with Gasteiger partial charge in [0.2, 0.25) is 0 Å². The van der Waals surface area contributed by atoms with E-state index in [4.69, 9.17) is 0 Å². The molecule has 0 fully saturated rings. The van der Waals surface area contributed by atoms with Crippen LogP contribution in [0.4, 0.5) is 0 Å². The van der Waals surface area contributed by atoms with Gasteiger partial charge >= 0.3 is 0 Å². The van der Waals surface area contributed by atoms with Crippen LogP contribution in [0.1, 0.15) is 0 Å². The zero-order valence-corrected chi connectivity index (χ0v) is 9.93. The molecule has 0 N–H and O–H groups in total. The van der Waals surface area contributed by atoms with E-state index in [1.54, 1.807) is 0 Å². The first-order chi connectivity index (χ1) is 8.93. The van der Waals surface area contributed by atoms with Crippen molar-refractivity contribution in [3.8, 4) is 0 Å². The lowest BCUT2D eigenvalue weighted by molar-refractivity contribution is 1.89. The van der Waals surface area contributed by atoms with Crippen molar-refractivity contribution in [2.45, 2.75) is 0 Å². The van der Waals surface area contributed by atoms with Crippen molar-refractivity contribution in [2.24, 2.45) is 0 Å². The van der Waals surface area contributed by atoms with Crippen molar-refractivity contribution < 1.29 is 0 Å². The molecule has 0 heterocycles. The molecule has 0 nitrogen and oxygen atoms in total. The topological polar surface area (TPSA) is 0 Å². The number of fused-ring (bicyclic) bond motifs is 5. The summed E-state index contributed by atoms with van der Waals surface area (Å²) in [5.41, 5.74) is 0. The van der Waals surface area contributed by atoms with E-state index in [1.165, 1.54) is 32.3 Å². The quantitative estimate of drug-likeness (QED) is 0.390. The molecule has 0 radical (unpaired) electrons. The molecule has 0 saturated heterocycles. The lowest BCUT2D eigenvalue weighted by Gasteiger charge is -1.85. The minimum atomic E-state index is 1.31. The molecule has 0 aliphatic heterocycles. The molecule has 0 atom stereocenters. The summed E-state index contributed by atoms with van der Waals surface area (Å²) in [6.45, 7) is 0. The Kier molecular flexibility index (Phi) is 1.92. The van der Waals surface area contributed by atoms with E-state index >= 15 is 0 Å². The Balaban J connectivity index is 2.37. The third-order valence-corrected chi connectivity index (χ3v) is 3.63. The van der Waals surface area contributed by atoms with E-state index in [2.05, 4.69) is 72.8 Å². The highest BCUT2D eigenvalue weighted by atomic mass is 14.1. The highest BCUT2D eigenvalue weighted by Gasteiger charge is 2.04. The smallest absolute Gasteiger partial charge is 0.00930 e. The van der Waals surface area contributed by atoms with Crippen molar-refractivity contribution in [1.82, 2.24) is 0 Å². The molecule has 0 spiro atoms. The fraction of sp³-hybridized carbons (Fsp3) is 0. The lowest BCUT2D eigenvalue weighted by Crippen LogP contribution is -1.57. The van der Waals surface area contributed by atoms with Gasteiger partial charge in [-0.3, -0.25) is 0 Å². The van der Waals surface area contributed by atoms with E-state index in [0.29, 0.717) is 0 Å². The van der Waals surface area contributed by atoms with Gasteiger partial charge in [0.1, 0.15) is 0 Å². The van der Waals surface area contributed by atoms with Crippen molar-refractivity contribution in [1.29, 1.82) is 0 Å². The fourth-order valence-electron chi connectivity index (χ4n) is 2.79. The van der Waals surface area contributed by atoms with Gasteiger partial charge in [-0.2, -0.15) is 0 Å². The molecule has 0 aliphatic rings. The van der Waals surface area contributed by atoms with Crippen LogP contribution in [0.5, 0.6) is 0 Å². The van der Waals surface area contributed by atoms with Crippen molar-refractivity contribution in [2.75, 3.05) is 0 Å². The van der Waals surface area contributed by atoms with Crippen LogP contribution >= 0.6 is 0 Å². The van der Waals surface area contributed by atoms with Crippen LogP contribution in [0.2, 0.25) is 0 Å². The van der Waals surface area contributed by atoms with Gasteiger partial charge in [-0.1, -0.05) is 66.7 Å². The monoisotopic (exact) mass is 228 g/mol. The summed E-state index contributed by atoms with van der Waals surface area (Å²) in [5.74, 6) is 0. The molecule has 18 heavy (non-hydrogen) atoms. The maximum absolute atomic E-state index is 2.30. The Morgan fingerprint density at radius 1 is 0.389 bits per heavy atom. The molecule has 4 aromatic carbocycles. The normalized spacial score (nSPS) is 11.3. The zero-order chi connectivity index (χ0) is 11.9.